The molecule has 0 aliphatic carbocycles. The van der Waals surface area contributed by atoms with E-state index in [1.807, 2.05) is 0 Å². The van der Waals surface area contributed by atoms with E-state index in [4.69, 9.17) is 15.3 Å². The van der Waals surface area contributed by atoms with Gasteiger partial charge in [-0.15, -0.1) is 0 Å². The van der Waals surface area contributed by atoms with Gasteiger partial charge >= 0.3 is 17.9 Å². The van der Waals surface area contributed by atoms with E-state index < -0.39 is 17.9 Å². The molecule has 0 saturated heterocycles. The molecular formula is C29H54NO6+. The van der Waals surface area contributed by atoms with Crippen molar-refractivity contribution < 1.29 is 34.2 Å². The molecule has 0 spiro atoms. The first-order chi connectivity index (χ1) is 17.3. The van der Waals surface area contributed by atoms with Crippen LogP contribution in [0.2, 0.25) is 0 Å². The largest absolute Gasteiger partial charge is 0.481 e. The second-order valence-corrected chi connectivity index (χ2v) is 10.3. The third-order valence-corrected chi connectivity index (χ3v) is 6.98. The lowest BCUT2D eigenvalue weighted by Crippen LogP contribution is -2.51. The molecule has 0 aromatic rings. The van der Waals surface area contributed by atoms with Gasteiger partial charge in [-0.2, -0.15) is 0 Å². The third kappa shape index (κ3) is 22.6. The van der Waals surface area contributed by atoms with E-state index >= 15 is 0 Å². The Balaban J connectivity index is 4.42. The van der Waals surface area contributed by atoms with Crippen molar-refractivity contribution in [3.8, 4) is 0 Å². The summed E-state index contributed by atoms with van der Waals surface area (Å²) < 4.78 is 0.594. The van der Waals surface area contributed by atoms with Crippen LogP contribution in [0.25, 0.3) is 0 Å². The summed E-state index contributed by atoms with van der Waals surface area (Å²) in [7, 11) is 0. The zero-order valence-electron chi connectivity index (χ0n) is 22.9. The highest BCUT2D eigenvalue weighted by atomic mass is 16.4. The van der Waals surface area contributed by atoms with Crippen molar-refractivity contribution in [3.63, 3.8) is 0 Å². The molecule has 36 heavy (non-hydrogen) atoms. The molecule has 0 fully saturated rings. The van der Waals surface area contributed by atoms with Gasteiger partial charge < -0.3 is 19.8 Å². The molecule has 7 nitrogen and oxygen atoms in total. The number of quaternary nitrogens is 1. The first kappa shape index (κ1) is 34.1. The maximum absolute atomic E-state index is 11.0. The van der Waals surface area contributed by atoms with E-state index in [0.29, 0.717) is 43.4 Å². The summed E-state index contributed by atoms with van der Waals surface area (Å²) in [5, 5.41) is 27.2. The molecule has 210 valence electrons. The van der Waals surface area contributed by atoms with Crippen LogP contribution < -0.4 is 0 Å². The minimum atomic E-state index is -0.837. The van der Waals surface area contributed by atoms with Gasteiger partial charge in [0.2, 0.25) is 0 Å². The van der Waals surface area contributed by atoms with Crippen LogP contribution in [0, 0.1) is 0 Å². The normalized spacial score (nSPS) is 11.8. The monoisotopic (exact) mass is 512 g/mol. The van der Waals surface area contributed by atoms with Crippen LogP contribution in [0.15, 0.2) is 12.2 Å². The maximum Gasteiger partial charge on any atom is 0.303 e. The summed E-state index contributed by atoms with van der Waals surface area (Å²) in [6.07, 6.45) is 22.7. The van der Waals surface area contributed by atoms with E-state index in [1.54, 1.807) is 0 Å². The van der Waals surface area contributed by atoms with Gasteiger partial charge in [-0.3, -0.25) is 14.4 Å². The Hall–Kier alpha value is -1.89. The summed E-state index contributed by atoms with van der Waals surface area (Å²) >= 11 is 0. The number of carbonyl (C=O) groups is 3. The van der Waals surface area contributed by atoms with Gasteiger partial charge in [0, 0.05) is 25.7 Å². The molecule has 0 saturated carbocycles. The van der Waals surface area contributed by atoms with Crippen LogP contribution in [-0.4, -0.2) is 63.9 Å². The molecule has 0 atom stereocenters. The average molecular weight is 513 g/mol. The summed E-state index contributed by atoms with van der Waals surface area (Å²) in [5.41, 5.74) is 0. The van der Waals surface area contributed by atoms with Gasteiger partial charge in [-0.05, 0) is 12.8 Å². The fraction of sp³-hybridized carbons (Fsp3) is 0.828. The standard InChI is InChI=1S/C29H53NO6/c1-2-3-4-5-6-7-8-9-10-11-12-13-14-15-16-23-30(24-17-20-27(31)32,25-18-21-28(33)34)26-19-22-29(35)36/h14-15H,2-13,16-26H2,1H3,(H2-,31,32,33,34,35,36)/p+1/b15-14+. The van der Waals surface area contributed by atoms with E-state index in [0.717, 1.165) is 19.4 Å². The van der Waals surface area contributed by atoms with Crippen LogP contribution >= 0.6 is 0 Å². The number of aliphatic carboxylic acids is 3. The lowest BCUT2D eigenvalue weighted by Gasteiger charge is -2.39. The lowest BCUT2D eigenvalue weighted by molar-refractivity contribution is -0.928. The molecule has 0 heterocycles. The third-order valence-electron chi connectivity index (χ3n) is 6.98. The van der Waals surface area contributed by atoms with Crippen LogP contribution in [0.1, 0.15) is 129 Å². The second kappa shape index (κ2) is 23.5. The van der Waals surface area contributed by atoms with E-state index in [-0.39, 0.29) is 19.3 Å². The second-order valence-electron chi connectivity index (χ2n) is 10.3. The van der Waals surface area contributed by atoms with Crippen molar-refractivity contribution in [2.24, 2.45) is 0 Å². The Kier molecular flexibility index (Phi) is 22.3. The smallest absolute Gasteiger partial charge is 0.303 e. The zero-order chi connectivity index (χ0) is 26.9. The van der Waals surface area contributed by atoms with Gasteiger partial charge in [0.25, 0.3) is 0 Å². The molecule has 0 rings (SSSR count). The summed E-state index contributed by atoms with van der Waals surface area (Å²) in [4.78, 5) is 33.1. The predicted molar refractivity (Wildman–Crippen MR) is 145 cm³/mol. The van der Waals surface area contributed by atoms with Crippen LogP contribution in [0.5, 0.6) is 0 Å². The van der Waals surface area contributed by atoms with Crippen LogP contribution in [-0.2, 0) is 14.4 Å². The van der Waals surface area contributed by atoms with E-state index in [1.165, 1.54) is 70.6 Å². The quantitative estimate of drug-likeness (QED) is 0.0618. The maximum atomic E-state index is 11.0. The number of hydrogen-bond donors (Lipinski definition) is 3. The number of hydrogen-bond acceptors (Lipinski definition) is 3. The summed E-state index contributed by atoms with van der Waals surface area (Å²) in [6.45, 7) is 4.95. The molecule has 0 aliphatic heterocycles. The van der Waals surface area contributed by atoms with Crippen molar-refractivity contribution in [1.29, 1.82) is 0 Å². The highest BCUT2D eigenvalue weighted by molar-refractivity contribution is 5.67. The van der Waals surface area contributed by atoms with E-state index in [2.05, 4.69) is 19.1 Å². The number of carboxylic acid groups (broad SMARTS) is 3. The molecule has 7 heteroatoms. The van der Waals surface area contributed by atoms with Gasteiger partial charge in [-0.1, -0.05) is 83.3 Å². The summed E-state index contributed by atoms with van der Waals surface area (Å²) in [6, 6.07) is 0. The molecule has 3 N–H and O–H groups in total. The molecule has 0 unspecified atom stereocenters. The lowest BCUT2D eigenvalue weighted by atomic mass is 10.1. The fourth-order valence-corrected chi connectivity index (χ4v) is 4.88. The zero-order valence-corrected chi connectivity index (χ0v) is 22.9. The van der Waals surface area contributed by atoms with Crippen molar-refractivity contribution in [1.82, 2.24) is 0 Å². The van der Waals surface area contributed by atoms with Crippen molar-refractivity contribution in [3.05, 3.63) is 12.2 Å². The van der Waals surface area contributed by atoms with Gasteiger partial charge in [0.05, 0.1) is 45.4 Å². The van der Waals surface area contributed by atoms with Gasteiger partial charge in [0.1, 0.15) is 0 Å². The average Bonchev–Trinajstić information content (AvgIpc) is 2.80. The minimum absolute atomic E-state index is 0.0759. The molecule has 0 aromatic carbocycles. The first-order valence-electron chi connectivity index (χ1n) is 14.5. The first-order valence-corrected chi connectivity index (χ1v) is 14.5. The minimum Gasteiger partial charge on any atom is -0.481 e. The number of rotatable bonds is 27. The van der Waals surface area contributed by atoms with Gasteiger partial charge in [-0.25, -0.2) is 0 Å². The van der Waals surface area contributed by atoms with E-state index in [9.17, 15) is 14.4 Å². The van der Waals surface area contributed by atoms with Crippen molar-refractivity contribution >= 4 is 17.9 Å². The Morgan fingerprint density at radius 1 is 0.500 bits per heavy atom. The van der Waals surface area contributed by atoms with Crippen molar-refractivity contribution in [2.75, 3.05) is 26.2 Å². The number of unbranched alkanes of at least 4 members (excludes halogenated alkanes) is 11. The SMILES string of the molecule is CCCCCCCCCCCCC/C=C/CC[N+](CCCC(=O)O)(CCCC(=O)O)CCCC(=O)O. The van der Waals surface area contributed by atoms with Crippen molar-refractivity contribution in [2.45, 2.75) is 129 Å². The molecule has 0 aromatic heterocycles. The predicted octanol–water partition coefficient (Wildman–Crippen LogP) is 7.05. The topological polar surface area (TPSA) is 112 Å². The fourth-order valence-electron chi connectivity index (χ4n) is 4.88. The Bertz CT molecular complexity index is 554. The molecule has 0 radical (unpaired) electrons. The molecular weight excluding hydrogens is 458 g/mol. The summed E-state index contributed by atoms with van der Waals surface area (Å²) in [5.74, 6) is -2.51. The highest BCUT2D eigenvalue weighted by Crippen LogP contribution is 2.17. The van der Waals surface area contributed by atoms with Crippen LogP contribution in [0.3, 0.4) is 0 Å². The number of allylic oxidation sites excluding steroid dienone is 1. The number of nitrogens with zero attached hydrogens (tertiary/aromatic N) is 1. The molecule has 0 aliphatic rings. The Morgan fingerprint density at radius 3 is 1.25 bits per heavy atom. The van der Waals surface area contributed by atoms with Gasteiger partial charge in [0.15, 0.2) is 0 Å². The number of carboxylic acids is 3. The Morgan fingerprint density at radius 2 is 0.861 bits per heavy atom. The molecule has 0 bridgehead atoms. The van der Waals surface area contributed by atoms with Crippen LogP contribution in [0.4, 0.5) is 0 Å². The Labute approximate surface area is 219 Å². The highest BCUT2D eigenvalue weighted by Gasteiger charge is 2.27. The molecule has 0 amide bonds.